The lowest BCUT2D eigenvalue weighted by Crippen LogP contribution is -2.02. The molecule has 0 aliphatic carbocycles. The van der Waals surface area contributed by atoms with Crippen LogP contribution in [0.5, 0.6) is 0 Å². The normalized spacial score (nSPS) is 10.9. The summed E-state index contributed by atoms with van der Waals surface area (Å²) in [6, 6.07) is 18.6. The fourth-order valence-electron chi connectivity index (χ4n) is 2.68. The van der Waals surface area contributed by atoms with Gasteiger partial charge < -0.3 is 0 Å². The van der Waals surface area contributed by atoms with E-state index in [9.17, 15) is 0 Å². The number of nitrogens with zero attached hydrogens (tertiary/aromatic N) is 4. The van der Waals surface area contributed by atoms with E-state index in [0.717, 1.165) is 17.1 Å². The van der Waals surface area contributed by atoms with Crippen LogP contribution in [0, 0.1) is 0 Å². The van der Waals surface area contributed by atoms with E-state index in [4.69, 9.17) is 0 Å². The van der Waals surface area contributed by atoms with Crippen LogP contribution in [0.3, 0.4) is 0 Å². The highest BCUT2D eigenvalue weighted by atomic mass is 15.3. The standard InChI is InChI=1S/C18H14N4/c1-2-8-16-15(6-1)7-3-9-17(16)22-13-20-21-18(22)11-14-5-4-10-19-12-14/h1-10,12-13H,11H2. The molecule has 4 nitrogen and oxygen atoms in total. The zero-order chi connectivity index (χ0) is 14.8. The molecule has 0 bridgehead atoms. The summed E-state index contributed by atoms with van der Waals surface area (Å²) in [5.74, 6) is 0.907. The first-order valence-corrected chi connectivity index (χ1v) is 7.18. The van der Waals surface area contributed by atoms with Gasteiger partial charge in [-0.2, -0.15) is 0 Å². The smallest absolute Gasteiger partial charge is 0.141 e. The number of hydrogen-bond acceptors (Lipinski definition) is 3. The third-order valence-electron chi connectivity index (χ3n) is 3.73. The van der Waals surface area contributed by atoms with Gasteiger partial charge in [0.2, 0.25) is 0 Å². The van der Waals surface area contributed by atoms with E-state index in [1.807, 2.05) is 12.3 Å². The Morgan fingerprint density at radius 1 is 0.909 bits per heavy atom. The Balaban J connectivity index is 1.82. The Morgan fingerprint density at radius 2 is 1.82 bits per heavy atom. The quantitative estimate of drug-likeness (QED) is 0.579. The molecule has 0 N–H and O–H groups in total. The summed E-state index contributed by atoms with van der Waals surface area (Å²) in [5, 5.41) is 10.8. The molecule has 2 aromatic carbocycles. The molecule has 0 saturated heterocycles. The maximum atomic E-state index is 4.28. The van der Waals surface area contributed by atoms with Crippen molar-refractivity contribution in [1.82, 2.24) is 19.7 Å². The minimum absolute atomic E-state index is 0.705. The molecule has 0 atom stereocenters. The molecule has 2 aromatic heterocycles. The maximum Gasteiger partial charge on any atom is 0.141 e. The van der Waals surface area contributed by atoms with Crippen molar-refractivity contribution in [2.45, 2.75) is 6.42 Å². The second kappa shape index (κ2) is 5.41. The zero-order valence-electron chi connectivity index (χ0n) is 11.9. The first-order chi connectivity index (χ1) is 10.9. The molecule has 106 valence electrons. The minimum atomic E-state index is 0.705. The van der Waals surface area contributed by atoms with E-state index in [1.54, 1.807) is 12.5 Å². The molecule has 0 unspecified atom stereocenters. The molecule has 0 radical (unpaired) electrons. The SMILES string of the molecule is c1cncc(Cc2nncn2-c2cccc3ccccc23)c1. The average Bonchev–Trinajstić information content (AvgIpc) is 3.03. The monoisotopic (exact) mass is 286 g/mol. The van der Waals surface area contributed by atoms with Crippen molar-refractivity contribution in [3.63, 3.8) is 0 Å². The Hall–Kier alpha value is -3.01. The van der Waals surface area contributed by atoms with E-state index in [1.165, 1.54) is 10.8 Å². The number of fused-ring (bicyclic) bond motifs is 1. The lowest BCUT2D eigenvalue weighted by molar-refractivity contribution is 0.906. The Bertz CT molecular complexity index is 907. The Morgan fingerprint density at radius 3 is 2.73 bits per heavy atom. The molecule has 0 saturated carbocycles. The first-order valence-electron chi connectivity index (χ1n) is 7.18. The largest absolute Gasteiger partial charge is 0.285 e. The Labute approximate surface area is 128 Å². The molecule has 2 heterocycles. The van der Waals surface area contributed by atoms with Crippen molar-refractivity contribution in [3.05, 3.63) is 84.7 Å². The van der Waals surface area contributed by atoms with Gasteiger partial charge in [0.15, 0.2) is 0 Å². The molecule has 0 aliphatic heterocycles. The van der Waals surface area contributed by atoms with E-state index < -0.39 is 0 Å². The van der Waals surface area contributed by atoms with Crippen LogP contribution < -0.4 is 0 Å². The second-order valence-corrected chi connectivity index (χ2v) is 5.15. The molecule has 0 spiro atoms. The van der Waals surface area contributed by atoms with E-state index in [-0.39, 0.29) is 0 Å². The minimum Gasteiger partial charge on any atom is -0.285 e. The number of hydrogen-bond donors (Lipinski definition) is 0. The molecule has 4 aromatic rings. The molecule has 0 amide bonds. The Kier molecular flexibility index (Phi) is 3.12. The molecule has 4 rings (SSSR count). The predicted octanol–water partition coefficient (Wildman–Crippen LogP) is 3.41. The number of benzene rings is 2. The van der Waals surface area contributed by atoms with Gasteiger partial charge in [0.1, 0.15) is 12.2 Å². The highest BCUT2D eigenvalue weighted by Gasteiger charge is 2.10. The predicted molar refractivity (Wildman–Crippen MR) is 85.9 cm³/mol. The van der Waals surface area contributed by atoms with Crippen molar-refractivity contribution in [2.24, 2.45) is 0 Å². The van der Waals surface area contributed by atoms with Crippen molar-refractivity contribution in [3.8, 4) is 5.69 Å². The van der Waals surface area contributed by atoms with Gasteiger partial charge in [0, 0.05) is 24.2 Å². The van der Waals surface area contributed by atoms with Gasteiger partial charge in [0.05, 0.1) is 5.69 Å². The highest BCUT2D eigenvalue weighted by Crippen LogP contribution is 2.23. The fourth-order valence-corrected chi connectivity index (χ4v) is 2.68. The molecule has 0 fully saturated rings. The highest BCUT2D eigenvalue weighted by molar-refractivity contribution is 5.90. The molecule has 4 heteroatoms. The number of aromatic nitrogens is 4. The molecular weight excluding hydrogens is 272 g/mol. The average molecular weight is 286 g/mol. The first kappa shape index (κ1) is 12.7. The van der Waals surface area contributed by atoms with Gasteiger partial charge in [-0.3, -0.25) is 9.55 Å². The van der Waals surface area contributed by atoms with E-state index in [0.29, 0.717) is 6.42 Å². The molecule has 0 aliphatic rings. The summed E-state index contributed by atoms with van der Waals surface area (Å²) in [4.78, 5) is 4.16. The molecule has 22 heavy (non-hydrogen) atoms. The summed E-state index contributed by atoms with van der Waals surface area (Å²) in [6.07, 6.45) is 6.12. The topological polar surface area (TPSA) is 43.6 Å². The fraction of sp³-hybridized carbons (Fsp3) is 0.0556. The van der Waals surface area contributed by atoms with Gasteiger partial charge in [-0.25, -0.2) is 0 Å². The summed E-state index contributed by atoms with van der Waals surface area (Å²) in [5.41, 5.74) is 2.22. The van der Waals surface area contributed by atoms with Crippen molar-refractivity contribution < 1.29 is 0 Å². The second-order valence-electron chi connectivity index (χ2n) is 5.15. The summed E-state index contributed by atoms with van der Waals surface area (Å²) >= 11 is 0. The van der Waals surface area contributed by atoms with E-state index in [2.05, 4.69) is 68.3 Å². The lowest BCUT2D eigenvalue weighted by Gasteiger charge is -2.10. The van der Waals surface area contributed by atoms with Crippen LogP contribution in [0.25, 0.3) is 16.5 Å². The van der Waals surface area contributed by atoms with Crippen LogP contribution in [-0.4, -0.2) is 19.7 Å². The van der Waals surface area contributed by atoms with Gasteiger partial charge in [-0.05, 0) is 23.1 Å². The lowest BCUT2D eigenvalue weighted by atomic mass is 10.1. The van der Waals surface area contributed by atoms with Crippen LogP contribution in [0.2, 0.25) is 0 Å². The third kappa shape index (κ3) is 2.24. The van der Waals surface area contributed by atoms with Crippen LogP contribution in [0.4, 0.5) is 0 Å². The van der Waals surface area contributed by atoms with Crippen molar-refractivity contribution in [2.75, 3.05) is 0 Å². The van der Waals surface area contributed by atoms with Gasteiger partial charge >= 0.3 is 0 Å². The van der Waals surface area contributed by atoms with Gasteiger partial charge in [0.25, 0.3) is 0 Å². The maximum absolute atomic E-state index is 4.28. The van der Waals surface area contributed by atoms with Crippen LogP contribution in [0.15, 0.2) is 73.3 Å². The summed E-state index contributed by atoms with van der Waals surface area (Å²) < 4.78 is 2.05. The van der Waals surface area contributed by atoms with E-state index >= 15 is 0 Å². The van der Waals surface area contributed by atoms with Crippen LogP contribution >= 0.6 is 0 Å². The zero-order valence-corrected chi connectivity index (χ0v) is 11.9. The summed E-state index contributed by atoms with van der Waals surface area (Å²) in [7, 11) is 0. The van der Waals surface area contributed by atoms with Crippen molar-refractivity contribution in [1.29, 1.82) is 0 Å². The van der Waals surface area contributed by atoms with Gasteiger partial charge in [-0.1, -0.05) is 42.5 Å². The number of pyridine rings is 1. The van der Waals surface area contributed by atoms with Crippen LogP contribution in [-0.2, 0) is 6.42 Å². The van der Waals surface area contributed by atoms with Crippen molar-refractivity contribution >= 4 is 10.8 Å². The van der Waals surface area contributed by atoms with Gasteiger partial charge in [-0.15, -0.1) is 10.2 Å². The number of rotatable bonds is 3. The summed E-state index contributed by atoms with van der Waals surface area (Å²) in [6.45, 7) is 0. The third-order valence-corrected chi connectivity index (χ3v) is 3.73. The van der Waals surface area contributed by atoms with Crippen LogP contribution in [0.1, 0.15) is 11.4 Å². The molecular formula is C18H14N4.